The maximum atomic E-state index is 12.1. The van der Waals surface area contributed by atoms with Crippen molar-refractivity contribution in [2.75, 3.05) is 6.61 Å². The van der Waals surface area contributed by atoms with Gasteiger partial charge in [-0.1, -0.05) is 13.3 Å². The van der Waals surface area contributed by atoms with Crippen LogP contribution in [0.2, 0.25) is 0 Å². The Balaban J connectivity index is 2.05. The van der Waals surface area contributed by atoms with Crippen molar-refractivity contribution in [2.24, 2.45) is 0 Å². The van der Waals surface area contributed by atoms with Gasteiger partial charge in [-0.25, -0.2) is 4.79 Å². The van der Waals surface area contributed by atoms with Gasteiger partial charge in [-0.15, -0.1) is 0 Å². The van der Waals surface area contributed by atoms with Gasteiger partial charge in [0.2, 0.25) is 0 Å². The second-order valence-electron chi connectivity index (χ2n) is 5.05. The predicted octanol–water partition coefficient (Wildman–Crippen LogP) is 3.12. The summed E-state index contributed by atoms with van der Waals surface area (Å²) in [5, 5.41) is 9.19. The molecule has 2 aromatic carbocycles. The van der Waals surface area contributed by atoms with E-state index in [-0.39, 0.29) is 16.4 Å². The van der Waals surface area contributed by atoms with E-state index in [1.165, 1.54) is 48.5 Å². The molecule has 7 heteroatoms. The van der Waals surface area contributed by atoms with Gasteiger partial charge in [0.1, 0.15) is 16.4 Å². The van der Waals surface area contributed by atoms with Crippen LogP contribution >= 0.6 is 0 Å². The van der Waals surface area contributed by atoms with Crippen molar-refractivity contribution in [1.82, 2.24) is 0 Å². The molecule has 0 aliphatic carbocycles. The summed E-state index contributed by atoms with van der Waals surface area (Å²) in [6.07, 6.45) is 1.72. The fourth-order valence-electron chi connectivity index (χ4n) is 1.83. The van der Waals surface area contributed by atoms with E-state index in [1.54, 1.807) is 0 Å². The number of rotatable bonds is 7. The number of ether oxygens (including phenoxy) is 1. The molecule has 0 atom stereocenters. The third kappa shape index (κ3) is 4.73. The zero-order valence-corrected chi connectivity index (χ0v) is 14.0. The Hall–Kier alpha value is -2.54. The normalized spacial score (nSPS) is 11.0. The number of hydrogen-bond acceptors (Lipinski definition) is 6. The van der Waals surface area contributed by atoms with Crippen LogP contribution in [0, 0.1) is 0 Å². The van der Waals surface area contributed by atoms with E-state index in [9.17, 15) is 18.3 Å². The minimum atomic E-state index is -4.01. The Bertz CT molecular complexity index is 779. The van der Waals surface area contributed by atoms with Crippen LogP contribution in [-0.2, 0) is 14.9 Å². The summed E-state index contributed by atoms with van der Waals surface area (Å²) in [6.45, 7) is 2.34. The predicted molar refractivity (Wildman–Crippen MR) is 87.6 cm³/mol. The summed E-state index contributed by atoms with van der Waals surface area (Å²) in [7, 11) is -4.01. The zero-order valence-electron chi connectivity index (χ0n) is 13.1. The van der Waals surface area contributed by atoms with Crippen molar-refractivity contribution < 1.29 is 27.2 Å². The Morgan fingerprint density at radius 3 is 2.25 bits per heavy atom. The second kappa shape index (κ2) is 7.83. The topological polar surface area (TPSA) is 89.9 Å². The largest absolute Gasteiger partial charge is 0.508 e. The van der Waals surface area contributed by atoms with Crippen molar-refractivity contribution in [1.29, 1.82) is 0 Å². The average molecular weight is 350 g/mol. The minimum Gasteiger partial charge on any atom is -0.508 e. The minimum absolute atomic E-state index is 0.0418. The van der Waals surface area contributed by atoms with Crippen LogP contribution in [0.3, 0.4) is 0 Å². The molecule has 128 valence electrons. The number of phenols is 1. The molecule has 2 aromatic rings. The highest BCUT2D eigenvalue weighted by molar-refractivity contribution is 7.87. The summed E-state index contributed by atoms with van der Waals surface area (Å²) in [4.78, 5) is 11.7. The molecule has 0 bridgehead atoms. The highest BCUT2D eigenvalue weighted by atomic mass is 32.2. The molecule has 0 fully saturated rings. The van der Waals surface area contributed by atoms with Gasteiger partial charge < -0.3 is 14.0 Å². The first-order valence-electron chi connectivity index (χ1n) is 7.43. The van der Waals surface area contributed by atoms with Crippen LogP contribution in [0.25, 0.3) is 0 Å². The lowest BCUT2D eigenvalue weighted by atomic mass is 10.2. The molecule has 6 nitrogen and oxygen atoms in total. The summed E-state index contributed by atoms with van der Waals surface area (Å²) >= 11 is 0. The van der Waals surface area contributed by atoms with Crippen LogP contribution in [0.4, 0.5) is 0 Å². The highest BCUT2D eigenvalue weighted by Gasteiger charge is 2.17. The Kier molecular flexibility index (Phi) is 5.81. The van der Waals surface area contributed by atoms with E-state index in [1.807, 2.05) is 6.92 Å². The standard InChI is InChI=1S/C17H18O6S/c1-2-3-12-22-17(19)13-4-8-15(9-5-13)23-24(20,21)16-10-6-14(18)7-11-16/h4-11,18H,2-3,12H2,1H3. The van der Waals surface area contributed by atoms with Gasteiger partial charge in [0, 0.05) is 0 Å². The van der Waals surface area contributed by atoms with Gasteiger partial charge >= 0.3 is 16.1 Å². The van der Waals surface area contributed by atoms with Crippen LogP contribution in [0.15, 0.2) is 53.4 Å². The number of carbonyl (C=O) groups excluding carboxylic acids is 1. The zero-order chi connectivity index (χ0) is 17.6. The lowest BCUT2D eigenvalue weighted by Crippen LogP contribution is -2.10. The van der Waals surface area contributed by atoms with E-state index in [0.29, 0.717) is 12.2 Å². The number of phenolic OH excluding ortho intramolecular Hbond substituents is 1. The van der Waals surface area contributed by atoms with Crippen LogP contribution in [-0.4, -0.2) is 26.1 Å². The molecule has 0 saturated heterocycles. The second-order valence-corrected chi connectivity index (χ2v) is 6.59. The Morgan fingerprint density at radius 2 is 1.67 bits per heavy atom. The van der Waals surface area contributed by atoms with Crippen molar-refractivity contribution >= 4 is 16.1 Å². The molecule has 0 radical (unpaired) electrons. The maximum absolute atomic E-state index is 12.1. The van der Waals surface area contributed by atoms with Crippen LogP contribution in [0.1, 0.15) is 30.1 Å². The summed E-state index contributed by atoms with van der Waals surface area (Å²) in [5.41, 5.74) is 0.320. The van der Waals surface area contributed by atoms with Crippen molar-refractivity contribution in [3.8, 4) is 11.5 Å². The van der Waals surface area contributed by atoms with E-state index in [2.05, 4.69) is 0 Å². The van der Waals surface area contributed by atoms with Gasteiger partial charge in [-0.05, 0) is 55.0 Å². The smallest absolute Gasteiger partial charge is 0.339 e. The first-order valence-corrected chi connectivity index (χ1v) is 8.84. The average Bonchev–Trinajstić information content (AvgIpc) is 2.55. The molecular formula is C17H18O6S. The summed E-state index contributed by atoms with van der Waals surface area (Å²) in [5.74, 6) is -0.426. The van der Waals surface area contributed by atoms with E-state index < -0.39 is 16.1 Å². The molecule has 24 heavy (non-hydrogen) atoms. The van der Waals surface area contributed by atoms with E-state index in [0.717, 1.165) is 12.8 Å². The van der Waals surface area contributed by atoms with E-state index >= 15 is 0 Å². The van der Waals surface area contributed by atoms with Gasteiger partial charge in [0.25, 0.3) is 0 Å². The molecule has 0 aliphatic heterocycles. The highest BCUT2D eigenvalue weighted by Crippen LogP contribution is 2.21. The lowest BCUT2D eigenvalue weighted by Gasteiger charge is -2.08. The summed E-state index contributed by atoms with van der Waals surface area (Å²) in [6, 6.07) is 10.6. The fourth-order valence-corrected chi connectivity index (χ4v) is 2.76. The Morgan fingerprint density at radius 1 is 1.04 bits per heavy atom. The molecule has 0 aromatic heterocycles. The Labute approximate surface area is 140 Å². The number of aromatic hydroxyl groups is 1. The molecule has 1 N–H and O–H groups in total. The van der Waals surface area contributed by atoms with Crippen molar-refractivity contribution in [3.05, 3.63) is 54.1 Å². The molecule has 2 rings (SSSR count). The van der Waals surface area contributed by atoms with Gasteiger partial charge in [0.05, 0.1) is 12.2 Å². The van der Waals surface area contributed by atoms with Gasteiger partial charge in [-0.3, -0.25) is 0 Å². The number of benzene rings is 2. The molecule has 0 saturated carbocycles. The molecular weight excluding hydrogens is 332 g/mol. The molecule has 0 amide bonds. The SMILES string of the molecule is CCCCOC(=O)c1ccc(OS(=O)(=O)c2ccc(O)cc2)cc1. The lowest BCUT2D eigenvalue weighted by molar-refractivity contribution is 0.0499. The first kappa shape index (κ1) is 17.8. The van der Waals surface area contributed by atoms with Crippen LogP contribution in [0.5, 0.6) is 11.5 Å². The monoisotopic (exact) mass is 350 g/mol. The molecule has 0 unspecified atom stereocenters. The number of carbonyl (C=O) groups is 1. The number of esters is 1. The third-order valence-corrected chi connectivity index (χ3v) is 4.41. The fraction of sp³-hybridized carbons (Fsp3) is 0.235. The third-order valence-electron chi connectivity index (χ3n) is 3.15. The number of hydrogen-bond donors (Lipinski definition) is 1. The molecule has 0 heterocycles. The molecule has 0 aliphatic rings. The maximum Gasteiger partial charge on any atom is 0.339 e. The van der Waals surface area contributed by atoms with Gasteiger partial charge in [0.15, 0.2) is 0 Å². The van der Waals surface area contributed by atoms with Crippen molar-refractivity contribution in [2.45, 2.75) is 24.7 Å². The van der Waals surface area contributed by atoms with Gasteiger partial charge in [-0.2, -0.15) is 8.42 Å². The van der Waals surface area contributed by atoms with Crippen molar-refractivity contribution in [3.63, 3.8) is 0 Å². The quantitative estimate of drug-likeness (QED) is 0.469. The summed E-state index contributed by atoms with van der Waals surface area (Å²) < 4.78 is 34.3. The molecule has 0 spiro atoms. The van der Waals surface area contributed by atoms with E-state index in [4.69, 9.17) is 8.92 Å². The first-order chi connectivity index (χ1) is 11.4. The van der Waals surface area contributed by atoms with Crippen LogP contribution < -0.4 is 4.18 Å². The number of unbranched alkanes of at least 4 members (excludes halogenated alkanes) is 1.